The lowest BCUT2D eigenvalue weighted by Gasteiger charge is -2.30. The minimum absolute atomic E-state index is 0.0596. The molecule has 0 bridgehead atoms. The van der Waals surface area contributed by atoms with Gasteiger partial charge in [0.2, 0.25) is 0 Å². The topological polar surface area (TPSA) is 69.1 Å². The van der Waals surface area contributed by atoms with E-state index in [1.807, 2.05) is 6.92 Å². The Morgan fingerprint density at radius 3 is 2.21 bits per heavy atom. The summed E-state index contributed by atoms with van der Waals surface area (Å²) in [6.07, 6.45) is -0.834. The highest BCUT2D eigenvalue weighted by Gasteiger charge is 2.13. The van der Waals surface area contributed by atoms with E-state index in [9.17, 15) is 13.9 Å². The number of rotatable bonds is 11. The molecule has 0 fully saturated rings. The first-order valence-corrected chi connectivity index (χ1v) is 9.75. The summed E-state index contributed by atoms with van der Waals surface area (Å²) in [5.41, 5.74) is 0.590. The standard InChI is InChI=1S/C20H34F2N4O2/c1-6-23-20(24-11-12-26(14(2)3)15(4)5)25-13-18(27)16-7-9-17(10-8-16)28-19(21)22/h7-10,14-15,18-19,27H,6,11-13H2,1-5H3,(H2,23,24,25). The number of guanidine groups is 1. The summed E-state index contributed by atoms with van der Waals surface area (Å²) in [7, 11) is 0. The molecule has 160 valence electrons. The van der Waals surface area contributed by atoms with Crippen molar-refractivity contribution < 1.29 is 18.6 Å². The minimum Gasteiger partial charge on any atom is -0.435 e. The SMILES string of the molecule is CCNC(=NCC(O)c1ccc(OC(F)F)cc1)NCCN(C(C)C)C(C)C. The maximum atomic E-state index is 12.2. The van der Waals surface area contributed by atoms with Crippen molar-refractivity contribution in [3.63, 3.8) is 0 Å². The molecule has 1 atom stereocenters. The molecule has 0 aliphatic heterocycles. The molecule has 0 spiro atoms. The van der Waals surface area contributed by atoms with Crippen LogP contribution in [-0.2, 0) is 0 Å². The van der Waals surface area contributed by atoms with E-state index in [0.717, 1.165) is 13.1 Å². The second kappa shape index (κ2) is 12.5. The van der Waals surface area contributed by atoms with Crippen LogP contribution in [0.1, 0.15) is 46.3 Å². The van der Waals surface area contributed by atoms with E-state index in [-0.39, 0.29) is 12.3 Å². The van der Waals surface area contributed by atoms with Crippen LogP contribution >= 0.6 is 0 Å². The summed E-state index contributed by atoms with van der Waals surface area (Å²) in [5.74, 6) is 0.691. The zero-order chi connectivity index (χ0) is 21.1. The molecule has 6 nitrogen and oxygen atoms in total. The molecule has 28 heavy (non-hydrogen) atoms. The molecule has 1 rings (SSSR count). The number of aliphatic imine (C=N–C) groups is 1. The highest BCUT2D eigenvalue weighted by atomic mass is 19.3. The van der Waals surface area contributed by atoms with Gasteiger partial charge in [-0.25, -0.2) is 0 Å². The van der Waals surface area contributed by atoms with Crippen LogP contribution in [0, 0.1) is 0 Å². The molecule has 0 radical (unpaired) electrons. The molecule has 0 aromatic heterocycles. The second-order valence-electron chi connectivity index (χ2n) is 7.04. The van der Waals surface area contributed by atoms with Crippen molar-refractivity contribution >= 4 is 5.96 Å². The lowest BCUT2D eigenvalue weighted by atomic mass is 10.1. The lowest BCUT2D eigenvalue weighted by Crippen LogP contribution is -2.45. The average Bonchev–Trinajstić information content (AvgIpc) is 2.62. The van der Waals surface area contributed by atoms with E-state index in [1.165, 1.54) is 12.1 Å². The number of hydrogen-bond acceptors (Lipinski definition) is 4. The number of aliphatic hydroxyl groups is 1. The van der Waals surface area contributed by atoms with Crippen LogP contribution in [0.25, 0.3) is 0 Å². The predicted octanol–water partition coefficient (Wildman–Crippen LogP) is 3.00. The van der Waals surface area contributed by atoms with Gasteiger partial charge in [-0.1, -0.05) is 12.1 Å². The van der Waals surface area contributed by atoms with E-state index >= 15 is 0 Å². The van der Waals surface area contributed by atoms with Crippen molar-refractivity contribution in [1.82, 2.24) is 15.5 Å². The first-order chi connectivity index (χ1) is 13.2. The van der Waals surface area contributed by atoms with Gasteiger partial charge >= 0.3 is 6.61 Å². The minimum atomic E-state index is -2.86. The van der Waals surface area contributed by atoms with E-state index in [4.69, 9.17) is 0 Å². The molecular weight excluding hydrogens is 366 g/mol. The largest absolute Gasteiger partial charge is 0.435 e. The smallest absolute Gasteiger partial charge is 0.387 e. The summed E-state index contributed by atoms with van der Waals surface area (Å²) < 4.78 is 28.7. The quantitative estimate of drug-likeness (QED) is 0.394. The zero-order valence-electron chi connectivity index (χ0n) is 17.5. The van der Waals surface area contributed by atoms with Gasteiger partial charge < -0.3 is 20.5 Å². The number of aliphatic hydroxyl groups excluding tert-OH is 1. The van der Waals surface area contributed by atoms with Gasteiger partial charge in [-0.3, -0.25) is 9.89 Å². The molecule has 1 aromatic rings. The molecule has 3 N–H and O–H groups in total. The van der Waals surface area contributed by atoms with Crippen molar-refractivity contribution in [1.29, 1.82) is 0 Å². The number of nitrogens with one attached hydrogen (secondary N) is 2. The van der Waals surface area contributed by atoms with Gasteiger partial charge in [-0.05, 0) is 52.3 Å². The number of alkyl halides is 2. The third kappa shape index (κ3) is 8.84. The molecule has 0 saturated carbocycles. The third-order valence-corrected chi connectivity index (χ3v) is 4.25. The van der Waals surface area contributed by atoms with Crippen LogP contribution in [0.5, 0.6) is 5.75 Å². The number of nitrogens with zero attached hydrogens (tertiary/aromatic N) is 2. The van der Waals surface area contributed by atoms with E-state index in [2.05, 4.69) is 53.0 Å². The van der Waals surface area contributed by atoms with Crippen molar-refractivity contribution in [2.75, 3.05) is 26.2 Å². The third-order valence-electron chi connectivity index (χ3n) is 4.25. The number of hydrogen-bond donors (Lipinski definition) is 3. The first-order valence-electron chi connectivity index (χ1n) is 9.75. The fourth-order valence-corrected chi connectivity index (χ4v) is 2.91. The molecule has 0 heterocycles. The Bertz CT molecular complexity index is 572. The monoisotopic (exact) mass is 400 g/mol. The number of ether oxygens (including phenoxy) is 1. The van der Waals surface area contributed by atoms with Crippen LogP contribution in [0.2, 0.25) is 0 Å². The van der Waals surface area contributed by atoms with Gasteiger partial charge in [0.15, 0.2) is 5.96 Å². The van der Waals surface area contributed by atoms with Crippen molar-refractivity contribution in [3.05, 3.63) is 29.8 Å². The van der Waals surface area contributed by atoms with E-state index < -0.39 is 12.7 Å². The molecule has 8 heteroatoms. The molecule has 0 saturated heterocycles. The predicted molar refractivity (Wildman–Crippen MR) is 109 cm³/mol. The molecule has 0 amide bonds. The van der Waals surface area contributed by atoms with E-state index in [1.54, 1.807) is 12.1 Å². The Balaban J connectivity index is 2.60. The summed E-state index contributed by atoms with van der Waals surface area (Å²) in [6.45, 7) is 10.3. The van der Waals surface area contributed by atoms with Gasteiger partial charge in [-0.15, -0.1) is 0 Å². The van der Waals surface area contributed by atoms with Crippen LogP contribution in [-0.4, -0.2) is 60.8 Å². The molecular formula is C20H34F2N4O2. The fraction of sp³-hybridized carbons (Fsp3) is 0.650. The Kier molecular flexibility index (Phi) is 10.8. The number of halogens is 2. The van der Waals surface area contributed by atoms with Gasteiger partial charge in [-0.2, -0.15) is 8.78 Å². The molecule has 1 aromatic carbocycles. The second-order valence-corrected chi connectivity index (χ2v) is 7.04. The maximum absolute atomic E-state index is 12.2. The summed E-state index contributed by atoms with van der Waals surface area (Å²) in [5, 5.41) is 16.7. The van der Waals surface area contributed by atoms with Crippen LogP contribution in [0.4, 0.5) is 8.78 Å². The van der Waals surface area contributed by atoms with Crippen molar-refractivity contribution in [3.8, 4) is 5.75 Å². The summed E-state index contributed by atoms with van der Waals surface area (Å²) >= 11 is 0. The van der Waals surface area contributed by atoms with Crippen molar-refractivity contribution in [2.24, 2.45) is 4.99 Å². The summed E-state index contributed by atoms with van der Waals surface area (Å²) in [4.78, 5) is 6.81. The Hall–Kier alpha value is -1.93. The Morgan fingerprint density at radius 1 is 1.11 bits per heavy atom. The lowest BCUT2D eigenvalue weighted by molar-refractivity contribution is -0.0498. The highest BCUT2D eigenvalue weighted by molar-refractivity contribution is 5.79. The van der Waals surface area contributed by atoms with Crippen molar-refractivity contribution in [2.45, 2.75) is 59.4 Å². The van der Waals surface area contributed by atoms with Gasteiger partial charge in [0.25, 0.3) is 0 Å². The Morgan fingerprint density at radius 2 is 1.71 bits per heavy atom. The molecule has 0 aliphatic carbocycles. The average molecular weight is 401 g/mol. The molecule has 0 aliphatic rings. The van der Waals surface area contributed by atoms with Crippen LogP contribution in [0.3, 0.4) is 0 Å². The van der Waals surface area contributed by atoms with Crippen LogP contribution in [0.15, 0.2) is 29.3 Å². The summed E-state index contributed by atoms with van der Waals surface area (Å²) in [6, 6.07) is 6.84. The van der Waals surface area contributed by atoms with Crippen LogP contribution < -0.4 is 15.4 Å². The number of benzene rings is 1. The van der Waals surface area contributed by atoms with Gasteiger partial charge in [0.05, 0.1) is 12.6 Å². The van der Waals surface area contributed by atoms with Gasteiger partial charge in [0, 0.05) is 31.7 Å². The Labute approximate surface area is 167 Å². The maximum Gasteiger partial charge on any atom is 0.387 e. The first kappa shape index (κ1) is 24.1. The molecule has 1 unspecified atom stereocenters. The van der Waals surface area contributed by atoms with E-state index in [0.29, 0.717) is 30.2 Å². The zero-order valence-corrected chi connectivity index (χ0v) is 17.5. The normalized spacial score (nSPS) is 13.5. The van der Waals surface area contributed by atoms with Gasteiger partial charge in [0.1, 0.15) is 5.75 Å². The highest BCUT2D eigenvalue weighted by Crippen LogP contribution is 2.19. The fourth-order valence-electron chi connectivity index (χ4n) is 2.91.